The minimum Gasteiger partial charge on any atom is -0.660 e. The number of Topliss-reactive ketones (excluding diaryl/α,β-unsaturated/α-hetero) is 1. The standard InChI is InChI=1S/C11H10NO.CH3F.Y/c13-10-5-8-3-1-2-4-9(8)11(10)6-12-7-11;1-2;/h1-4H,5-7H2;1H3;/q-1;;. The smallest absolute Gasteiger partial charge is 0.144 e. The summed E-state index contributed by atoms with van der Waals surface area (Å²) in [5.74, 6) is 0.365. The molecule has 1 aromatic rings. The number of nitrogens with zero attached hydrogens (tertiary/aromatic N) is 1. The number of carbonyl (C=O) groups excluding carboxylic acids is 1. The van der Waals surface area contributed by atoms with Crippen molar-refractivity contribution < 1.29 is 41.9 Å². The van der Waals surface area contributed by atoms with Crippen molar-refractivity contribution in [3.63, 3.8) is 0 Å². The fourth-order valence-corrected chi connectivity index (χ4v) is 2.32. The summed E-state index contributed by atoms with van der Waals surface area (Å²) in [6, 6.07) is 8.15. The number of fused-ring (bicyclic) bond motifs is 2. The average Bonchev–Trinajstić information content (AvgIpc) is 2.52. The van der Waals surface area contributed by atoms with Gasteiger partial charge in [0.25, 0.3) is 0 Å². The summed E-state index contributed by atoms with van der Waals surface area (Å²) in [6.45, 7) is 1.42. The average molecular weight is 295 g/mol. The van der Waals surface area contributed by atoms with Crippen molar-refractivity contribution >= 4 is 5.78 Å². The van der Waals surface area contributed by atoms with E-state index in [-0.39, 0.29) is 38.1 Å². The quantitative estimate of drug-likeness (QED) is 0.720. The van der Waals surface area contributed by atoms with Crippen LogP contribution in [0.3, 0.4) is 0 Å². The second kappa shape index (κ2) is 5.48. The Balaban J connectivity index is 0.000000406. The number of hydrogen-bond donors (Lipinski definition) is 0. The number of halogens is 1. The zero-order valence-corrected chi connectivity index (χ0v) is 12.1. The van der Waals surface area contributed by atoms with Crippen LogP contribution in [0, 0.1) is 0 Å². The van der Waals surface area contributed by atoms with Gasteiger partial charge in [-0.15, -0.1) is 13.1 Å². The summed E-state index contributed by atoms with van der Waals surface area (Å²) in [6.07, 6.45) is 0.617. The number of carbonyl (C=O) groups is 1. The fraction of sp³-hybridized carbons (Fsp3) is 0.417. The van der Waals surface area contributed by atoms with Crippen LogP contribution in [0.5, 0.6) is 0 Å². The Morgan fingerprint density at radius 2 is 1.88 bits per heavy atom. The molecule has 83 valence electrons. The van der Waals surface area contributed by atoms with Crippen molar-refractivity contribution in [3.05, 3.63) is 40.7 Å². The van der Waals surface area contributed by atoms with E-state index in [1.807, 2.05) is 12.1 Å². The zero-order chi connectivity index (χ0) is 10.9. The van der Waals surface area contributed by atoms with Gasteiger partial charge in [0.2, 0.25) is 0 Å². The Kier molecular flexibility index (Phi) is 4.78. The Bertz CT molecular complexity index is 390. The first kappa shape index (κ1) is 13.9. The van der Waals surface area contributed by atoms with Gasteiger partial charge in [0.05, 0.1) is 7.18 Å². The van der Waals surface area contributed by atoms with Gasteiger partial charge in [-0.2, -0.15) is 0 Å². The van der Waals surface area contributed by atoms with Crippen LogP contribution in [-0.2, 0) is 49.3 Å². The molecule has 3 rings (SSSR count). The van der Waals surface area contributed by atoms with Crippen LogP contribution in [0.1, 0.15) is 11.1 Å². The molecule has 0 aromatic heterocycles. The van der Waals surface area contributed by atoms with Crippen molar-refractivity contribution in [1.29, 1.82) is 0 Å². The molecule has 1 aliphatic carbocycles. The maximum atomic E-state index is 11.8. The van der Waals surface area contributed by atoms with Crippen LogP contribution in [0.2, 0.25) is 0 Å². The Morgan fingerprint density at radius 3 is 2.44 bits per heavy atom. The maximum Gasteiger partial charge on any atom is 0.144 e. The van der Waals surface area contributed by atoms with Gasteiger partial charge < -0.3 is 5.32 Å². The molecule has 2 nitrogen and oxygen atoms in total. The van der Waals surface area contributed by atoms with Crippen molar-refractivity contribution in [2.24, 2.45) is 0 Å². The topological polar surface area (TPSA) is 31.2 Å². The number of benzene rings is 1. The van der Waals surface area contributed by atoms with E-state index in [1.54, 1.807) is 0 Å². The van der Waals surface area contributed by atoms with E-state index in [2.05, 4.69) is 17.4 Å². The summed E-state index contributed by atoms with van der Waals surface area (Å²) in [5, 5.41) is 4.18. The molecule has 0 N–H and O–H groups in total. The van der Waals surface area contributed by atoms with Gasteiger partial charge in [-0.05, 0) is 11.1 Å². The molecular weight excluding hydrogens is 282 g/mol. The third-order valence-corrected chi connectivity index (χ3v) is 3.18. The summed E-state index contributed by atoms with van der Waals surface area (Å²) >= 11 is 0. The molecule has 16 heavy (non-hydrogen) atoms. The SMILES string of the molecule is CF.O=C1Cc2ccccc2C12C[N-]C2.[Y]. The number of rotatable bonds is 0. The van der Waals surface area contributed by atoms with Crippen molar-refractivity contribution in [2.45, 2.75) is 11.8 Å². The van der Waals surface area contributed by atoms with Crippen molar-refractivity contribution in [1.82, 2.24) is 0 Å². The summed E-state index contributed by atoms with van der Waals surface area (Å²) in [7, 11) is 0.500. The third-order valence-electron chi connectivity index (χ3n) is 3.18. The van der Waals surface area contributed by atoms with E-state index in [1.165, 1.54) is 11.1 Å². The van der Waals surface area contributed by atoms with E-state index in [0.29, 0.717) is 32.5 Å². The first-order chi connectivity index (χ1) is 7.33. The van der Waals surface area contributed by atoms with Gasteiger partial charge in [0.1, 0.15) is 5.78 Å². The van der Waals surface area contributed by atoms with Crippen molar-refractivity contribution in [3.8, 4) is 0 Å². The van der Waals surface area contributed by atoms with E-state index in [9.17, 15) is 9.18 Å². The molecule has 2 aliphatic rings. The molecule has 1 heterocycles. The first-order valence-electron chi connectivity index (χ1n) is 4.96. The van der Waals surface area contributed by atoms with Gasteiger partial charge in [-0.3, -0.25) is 9.18 Å². The van der Waals surface area contributed by atoms with Crippen LogP contribution in [0.4, 0.5) is 4.39 Å². The van der Waals surface area contributed by atoms with E-state index in [0.717, 1.165) is 0 Å². The molecule has 0 bridgehead atoms. The minimum absolute atomic E-state index is 0. The monoisotopic (exact) mass is 295 g/mol. The van der Waals surface area contributed by atoms with Crippen LogP contribution >= 0.6 is 0 Å². The molecule has 1 aliphatic heterocycles. The summed E-state index contributed by atoms with van der Waals surface area (Å²) in [5.41, 5.74) is 2.24. The predicted molar refractivity (Wildman–Crippen MR) is 57.0 cm³/mol. The Labute approximate surface area is 120 Å². The minimum atomic E-state index is -0.198. The van der Waals surface area contributed by atoms with Crippen LogP contribution < -0.4 is 0 Å². The molecule has 0 amide bonds. The second-order valence-corrected chi connectivity index (χ2v) is 3.88. The van der Waals surface area contributed by atoms with Gasteiger partial charge in [-0.25, -0.2) is 0 Å². The molecule has 0 unspecified atom stereocenters. The molecule has 1 radical (unpaired) electrons. The van der Waals surface area contributed by atoms with E-state index in [4.69, 9.17) is 0 Å². The van der Waals surface area contributed by atoms with Crippen LogP contribution in [0.15, 0.2) is 24.3 Å². The van der Waals surface area contributed by atoms with Gasteiger partial charge in [-0.1, -0.05) is 24.3 Å². The Hall–Kier alpha value is -0.116. The van der Waals surface area contributed by atoms with Gasteiger partial charge in [0, 0.05) is 44.5 Å². The van der Waals surface area contributed by atoms with Gasteiger partial charge in [0.15, 0.2) is 0 Å². The third kappa shape index (κ3) is 1.89. The Morgan fingerprint density at radius 1 is 1.25 bits per heavy atom. The van der Waals surface area contributed by atoms with E-state index < -0.39 is 0 Å². The van der Waals surface area contributed by atoms with Crippen LogP contribution in [0.25, 0.3) is 5.32 Å². The van der Waals surface area contributed by atoms with Crippen LogP contribution in [-0.4, -0.2) is 26.1 Å². The summed E-state index contributed by atoms with van der Waals surface area (Å²) in [4.78, 5) is 11.8. The molecule has 1 aromatic carbocycles. The molecule has 1 saturated heterocycles. The molecule has 1 fully saturated rings. The zero-order valence-electron chi connectivity index (χ0n) is 9.24. The number of hydrogen-bond acceptors (Lipinski definition) is 1. The second-order valence-electron chi connectivity index (χ2n) is 3.88. The first-order valence-corrected chi connectivity index (χ1v) is 4.96. The molecule has 4 heteroatoms. The van der Waals surface area contributed by atoms with Gasteiger partial charge >= 0.3 is 0 Å². The summed E-state index contributed by atoms with van der Waals surface area (Å²) < 4.78 is 9.50. The maximum absolute atomic E-state index is 11.8. The molecule has 1 spiro atoms. The number of ketones is 1. The molecular formula is C12H13FNOY-. The fourth-order valence-electron chi connectivity index (χ4n) is 2.32. The normalized spacial score (nSPS) is 19.0. The largest absolute Gasteiger partial charge is 0.660 e. The molecule has 0 atom stereocenters. The van der Waals surface area contributed by atoms with Crippen molar-refractivity contribution in [2.75, 3.05) is 20.3 Å². The predicted octanol–water partition coefficient (Wildman–Crippen LogP) is 2.02. The molecule has 0 saturated carbocycles. The van der Waals surface area contributed by atoms with E-state index >= 15 is 0 Å². The number of alkyl halides is 1.